The number of halogens is 2. The number of anilines is 2. The molecule has 1 aromatic carbocycles. The van der Waals surface area contributed by atoms with Crippen LogP contribution < -0.4 is 14.8 Å². The minimum Gasteiger partial charge on any atom is -0.493 e. The molecule has 0 aliphatic rings. The van der Waals surface area contributed by atoms with Crippen molar-refractivity contribution in [1.29, 1.82) is 0 Å². The number of rotatable bonds is 5. The molecular formula is C16H19F2N3O2. The summed E-state index contributed by atoms with van der Waals surface area (Å²) in [5.74, 6) is 1.49. The largest absolute Gasteiger partial charge is 0.493 e. The van der Waals surface area contributed by atoms with Crippen LogP contribution in [0, 0.1) is 0 Å². The Kier molecular flexibility index (Phi) is 4.98. The van der Waals surface area contributed by atoms with Gasteiger partial charge in [0.25, 0.3) is 0 Å². The SMILES string of the molecule is COc1cc(Nc2ccnc(C(C)(C)C)n2)ccc1OC(F)F. The third-order valence-electron chi connectivity index (χ3n) is 2.98. The second-order valence-corrected chi connectivity index (χ2v) is 5.88. The molecule has 0 saturated carbocycles. The predicted molar refractivity (Wildman–Crippen MR) is 83.6 cm³/mol. The highest BCUT2D eigenvalue weighted by Gasteiger charge is 2.17. The summed E-state index contributed by atoms with van der Waals surface area (Å²) in [5.41, 5.74) is 0.465. The summed E-state index contributed by atoms with van der Waals surface area (Å²) in [6.07, 6.45) is 1.67. The normalized spacial score (nSPS) is 11.4. The lowest BCUT2D eigenvalue weighted by Crippen LogP contribution is -2.16. The number of hydrogen-bond acceptors (Lipinski definition) is 5. The van der Waals surface area contributed by atoms with E-state index in [1.165, 1.54) is 13.2 Å². The van der Waals surface area contributed by atoms with Gasteiger partial charge >= 0.3 is 6.61 Å². The number of nitrogens with one attached hydrogen (secondary N) is 1. The Labute approximate surface area is 133 Å². The quantitative estimate of drug-likeness (QED) is 0.896. The first-order valence-corrected chi connectivity index (χ1v) is 7.03. The summed E-state index contributed by atoms with van der Waals surface area (Å²) in [6, 6.07) is 6.32. The average Bonchev–Trinajstić information content (AvgIpc) is 2.47. The molecule has 0 amide bonds. The highest BCUT2D eigenvalue weighted by atomic mass is 19.3. The third-order valence-corrected chi connectivity index (χ3v) is 2.98. The smallest absolute Gasteiger partial charge is 0.387 e. The fourth-order valence-electron chi connectivity index (χ4n) is 1.88. The van der Waals surface area contributed by atoms with Gasteiger partial charge in [0.1, 0.15) is 11.6 Å². The maximum absolute atomic E-state index is 12.3. The topological polar surface area (TPSA) is 56.3 Å². The predicted octanol–water partition coefficient (Wildman–Crippen LogP) is 4.13. The number of alkyl halides is 2. The van der Waals surface area contributed by atoms with Gasteiger partial charge in [-0.3, -0.25) is 0 Å². The maximum Gasteiger partial charge on any atom is 0.387 e. The van der Waals surface area contributed by atoms with E-state index in [0.29, 0.717) is 17.3 Å². The summed E-state index contributed by atoms with van der Waals surface area (Å²) in [6.45, 7) is 3.15. The minimum absolute atomic E-state index is 0.0221. The van der Waals surface area contributed by atoms with Gasteiger partial charge < -0.3 is 14.8 Å². The molecule has 5 nitrogen and oxygen atoms in total. The van der Waals surface area contributed by atoms with Crippen molar-refractivity contribution in [3.8, 4) is 11.5 Å². The molecule has 0 unspecified atom stereocenters. The van der Waals surface area contributed by atoms with Crippen LogP contribution in [0.5, 0.6) is 11.5 Å². The summed E-state index contributed by atoms with van der Waals surface area (Å²) < 4.78 is 34.1. The molecule has 0 aliphatic carbocycles. The van der Waals surface area contributed by atoms with Crippen molar-refractivity contribution in [1.82, 2.24) is 9.97 Å². The van der Waals surface area contributed by atoms with Crippen molar-refractivity contribution >= 4 is 11.5 Å². The van der Waals surface area contributed by atoms with Crippen molar-refractivity contribution in [2.24, 2.45) is 0 Å². The number of nitrogens with zero attached hydrogens (tertiary/aromatic N) is 2. The van der Waals surface area contributed by atoms with Crippen molar-refractivity contribution in [2.75, 3.05) is 12.4 Å². The first kappa shape index (κ1) is 16.9. The Morgan fingerprint density at radius 1 is 1.13 bits per heavy atom. The molecule has 0 radical (unpaired) electrons. The van der Waals surface area contributed by atoms with Gasteiger partial charge in [0.15, 0.2) is 11.5 Å². The summed E-state index contributed by atoms with van der Waals surface area (Å²) >= 11 is 0. The molecule has 0 aliphatic heterocycles. The first-order chi connectivity index (χ1) is 10.8. The van der Waals surface area contributed by atoms with Crippen LogP contribution in [0.1, 0.15) is 26.6 Å². The first-order valence-electron chi connectivity index (χ1n) is 7.03. The average molecular weight is 323 g/mol. The van der Waals surface area contributed by atoms with Gasteiger partial charge in [-0.2, -0.15) is 8.78 Å². The van der Waals surface area contributed by atoms with E-state index in [2.05, 4.69) is 20.0 Å². The van der Waals surface area contributed by atoms with E-state index in [9.17, 15) is 8.78 Å². The van der Waals surface area contributed by atoms with Crippen LogP contribution >= 0.6 is 0 Å². The minimum atomic E-state index is -2.90. The Bertz CT molecular complexity index is 673. The molecular weight excluding hydrogens is 304 g/mol. The molecule has 1 heterocycles. The van der Waals surface area contributed by atoms with Gasteiger partial charge in [-0.25, -0.2) is 9.97 Å². The number of hydrogen-bond donors (Lipinski definition) is 1. The molecule has 124 valence electrons. The van der Waals surface area contributed by atoms with Gasteiger partial charge in [-0.1, -0.05) is 20.8 Å². The second kappa shape index (κ2) is 6.76. The summed E-state index contributed by atoms with van der Waals surface area (Å²) in [4.78, 5) is 8.70. The van der Waals surface area contributed by atoms with Crippen molar-refractivity contribution in [2.45, 2.75) is 32.8 Å². The molecule has 7 heteroatoms. The second-order valence-electron chi connectivity index (χ2n) is 5.88. The van der Waals surface area contributed by atoms with E-state index < -0.39 is 6.61 Å². The van der Waals surface area contributed by atoms with Gasteiger partial charge in [0.05, 0.1) is 7.11 Å². The zero-order chi connectivity index (χ0) is 17.0. The number of aromatic nitrogens is 2. The fraction of sp³-hybridized carbons (Fsp3) is 0.375. The molecule has 0 saturated heterocycles. The van der Waals surface area contributed by atoms with Gasteiger partial charge in [-0.15, -0.1) is 0 Å². The Balaban J connectivity index is 2.23. The Morgan fingerprint density at radius 3 is 2.48 bits per heavy atom. The monoisotopic (exact) mass is 323 g/mol. The van der Waals surface area contributed by atoms with Crippen LogP contribution in [0.15, 0.2) is 30.5 Å². The number of benzene rings is 1. The van der Waals surface area contributed by atoms with Crippen LogP contribution in [0.25, 0.3) is 0 Å². The van der Waals surface area contributed by atoms with E-state index in [-0.39, 0.29) is 16.9 Å². The van der Waals surface area contributed by atoms with Crippen molar-refractivity contribution < 1.29 is 18.3 Å². The highest BCUT2D eigenvalue weighted by Crippen LogP contribution is 2.32. The standard InChI is InChI=1S/C16H19F2N3O2/c1-16(2,3)14-19-8-7-13(21-14)20-10-5-6-11(23-15(17)18)12(9-10)22-4/h5-9,15H,1-4H3,(H,19,20,21). The number of ether oxygens (including phenoxy) is 2. The lowest BCUT2D eigenvalue weighted by molar-refractivity contribution is -0.0512. The van der Waals surface area contributed by atoms with Crippen LogP contribution in [-0.4, -0.2) is 23.7 Å². The summed E-state index contributed by atoms with van der Waals surface area (Å²) in [7, 11) is 1.39. The van der Waals surface area contributed by atoms with Gasteiger partial charge in [-0.05, 0) is 18.2 Å². The molecule has 2 rings (SSSR count). The zero-order valence-corrected chi connectivity index (χ0v) is 13.4. The van der Waals surface area contributed by atoms with Crippen molar-refractivity contribution in [3.63, 3.8) is 0 Å². The summed E-state index contributed by atoms with van der Waals surface area (Å²) in [5, 5.41) is 3.10. The molecule has 0 spiro atoms. The van der Waals surface area contributed by atoms with E-state index in [0.717, 1.165) is 0 Å². The van der Waals surface area contributed by atoms with E-state index in [1.54, 1.807) is 24.4 Å². The van der Waals surface area contributed by atoms with E-state index in [1.807, 2.05) is 20.8 Å². The van der Waals surface area contributed by atoms with Crippen LogP contribution in [0.2, 0.25) is 0 Å². The molecule has 0 fully saturated rings. The molecule has 1 N–H and O–H groups in total. The van der Waals surface area contributed by atoms with Crippen molar-refractivity contribution in [3.05, 3.63) is 36.3 Å². The highest BCUT2D eigenvalue weighted by molar-refractivity contribution is 5.61. The van der Waals surface area contributed by atoms with Crippen LogP contribution in [0.3, 0.4) is 0 Å². The number of methoxy groups -OCH3 is 1. The molecule has 0 bridgehead atoms. The lowest BCUT2D eigenvalue weighted by atomic mass is 9.96. The van der Waals surface area contributed by atoms with Crippen LogP contribution in [0.4, 0.5) is 20.3 Å². The molecule has 23 heavy (non-hydrogen) atoms. The Morgan fingerprint density at radius 2 is 1.87 bits per heavy atom. The van der Waals surface area contributed by atoms with E-state index >= 15 is 0 Å². The third kappa shape index (κ3) is 4.51. The molecule has 2 aromatic rings. The lowest BCUT2D eigenvalue weighted by Gasteiger charge is -2.17. The van der Waals surface area contributed by atoms with Crippen LogP contribution in [-0.2, 0) is 5.41 Å². The molecule has 0 atom stereocenters. The van der Waals surface area contributed by atoms with Gasteiger partial charge in [0.2, 0.25) is 0 Å². The van der Waals surface area contributed by atoms with Gasteiger partial charge in [0, 0.05) is 23.4 Å². The maximum atomic E-state index is 12.3. The zero-order valence-electron chi connectivity index (χ0n) is 13.4. The fourth-order valence-corrected chi connectivity index (χ4v) is 1.88. The molecule has 1 aromatic heterocycles. The van der Waals surface area contributed by atoms with E-state index in [4.69, 9.17) is 4.74 Å². The Hall–Kier alpha value is -2.44.